The number of rotatable bonds is 17. The first-order valence-electron chi connectivity index (χ1n) is 13.9. The number of likely N-dealkylation sites (tertiary alicyclic amines) is 1. The SMILES string of the molecule is COCC1C[C@@H](O)CN1C(=O)CCCCCNC(=O)CCCCCOC1OC(CO)C(O)C(O)C1NC(C)=O. The van der Waals surface area contributed by atoms with Gasteiger partial charge in [0.05, 0.1) is 25.4 Å². The van der Waals surface area contributed by atoms with E-state index in [-0.39, 0.29) is 24.5 Å². The monoisotopic (exact) mass is 561 g/mol. The molecule has 2 aliphatic heterocycles. The Labute approximate surface area is 230 Å². The molecule has 0 aliphatic carbocycles. The third-order valence-corrected chi connectivity index (χ3v) is 7.04. The minimum atomic E-state index is -1.36. The average molecular weight is 562 g/mol. The minimum Gasteiger partial charge on any atom is -0.394 e. The van der Waals surface area contributed by atoms with Crippen molar-refractivity contribution in [2.24, 2.45) is 0 Å². The number of aliphatic hydroxyl groups excluding tert-OH is 4. The molecule has 13 nitrogen and oxygen atoms in total. The Kier molecular flexibility index (Phi) is 15.2. The molecule has 226 valence electrons. The molecule has 0 bridgehead atoms. The van der Waals surface area contributed by atoms with Gasteiger partial charge in [-0.25, -0.2) is 0 Å². The van der Waals surface area contributed by atoms with Crippen LogP contribution in [0.25, 0.3) is 0 Å². The van der Waals surface area contributed by atoms with Crippen molar-refractivity contribution >= 4 is 17.7 Å². The summed E-state index contributed by atoms with van der Waals surface area (Å²) in [5.41, 5.74) is 0. The lowest BCUT2D eigenvalue weighted by molar-refractivity contribution is -0.270. The van der Waals surface area contributed by atoms with E-state index in [0.29, 0.717) is 51.8 Å². The highest BCUT2D eigenvalue weighted by Gasteiger charge is 2.45. The molecular weight excluding hydrogens is 514 g/mol. The second-order valence-electron chi connectivity index (χ2n) is 10.3. The smallest absolute Gasteiger partial charge is 0.222 e. The van der Waals surface area contributed by atoms with Gasteiger partial charge >= 0.3 is 0 Å². The fourth-order valence-corrected chi connectivity index (χ4v) is 4.96. The molecule has 13 heteroatoms. The Morgan fingerprint density at radius 2 is 1.72 bits per heavy atom. The number of carbonyl (C=O) groups is 3. The van der Waals surface area contributed by atoms with E-state index >= 15 is 0 Å². The Balaban J connectivity index is 1.52. The molecule has 0 saturated carbocycles. The highest BCUT2D eigenvalue weighted by molar-refractivity contribution is 5.77. The molecule has 2 aliphatic rings. The van der Waals surface area contributed by atoms with E-state index < -0.39 is 49.3 Å². The van der Waals surface area contributed by atoms with E-state index in [1.807, 2.05) is 0 Å². The quantitative estimate of drug-likeness (QED) is 0.118. The van der Waals surface area contributed by atoms with Crippen LogP contribution in [-0.2, 0) is 28.6 Å². The van der Waals surface area contributed by atoms with E-state index in [9.17, 15) is 34.8 Å². The summed E-state index contributed by atoms with van der Waals surface area (Å²) in [6.07, 6.45) is 0.440. The van der Waals surface area contributed by atoms with Crippen LogP contribution in [0.2, 0.25) is 0 Å². The van der Waals surface area contributed by atoms with Crippen molar-refractivity contribution in [3.63, 3.8) is 0 Å². The third kappa shape index (κ3) is 11.3. The number of nitrogens with zero attached hydrogens (tertiary/aromatic N) is 1. The predicted molar refractivity (Wildman–Crippen MR) is 139 cm³/mol. The van der Waals surface area contributed by atoms with Gasteiger partial charge in [-0.05, 0) is 32.1 Å². The van der Waals surface area contributed by atoms with E-state index in [1.165, 1.54) is 6.92 Å². The zero-order valence-corrected chi connectivity index (χ0v) is 23.1. The van der Waals surface area contributed by atoms with Crippen LogP contribution in [0.4, 0.5) is 0 Å². The molecular formula is C26H47N3O10. The first kappa shape index (κ1) is 33.3. The lowest BCUT2D eigenvalue weighted by Gasteiger charge is -2.42. The van der Waals surface area contributed by atoms with Gasteiger partial charge in [-0.1, -0.05) is 12.8 Å². The Morgan fingerprint density at radius 3 is 2.41 bits per heavy atom. The Hall–Kier alpha value is -1.87. The first-order chi connectivity index (χ1) is 18.7. The molecule has 0 aromatic rings. The van der Waals surface area contributed by atoms with Crippen LogP contribution < -0.4 is 10.6 Å². The van der Waals surface area contributed by atoms with Crippen LogP contribution in [0.15, 0.2) is 0 Å². The highest BCUT2D eigenvalue weighted by atomic mass is 16.7. The maximum Gasteiger partial charge on any atom is 0.222 e. The van der Waals surface area contributed by atoms with Crippen molar-refractivity contribution in [3.8, 4) is 0 Å². The number of hydrogen-bond donors (Lipinski definition) is 6. The zero-order chi connectivity index (χ0) is 28.8. The van der Waals surface area contributed by atoms with Crippen LogP contribution in [-0.4, -0.2) is 126 Å². The molecule has 0 aromatic heterocycles. The van der Waals surface area contributed by atoms with Gasteiger partial charge in [0.2, 0.25) is 17.7 Å². The van der Waals surface area contributed by atoms with Gasteiger partial charge in [-0.2, -0.15) is 0 Å². The summed E-state index contributed by atoms with van der Waals surface area (Å²) in [7, 11) is 1.59. The normalized spacial score (nSPS) is 28.9. The lowest BCUT2D eigenvalue weighted by Crippen LogP contribution is -2.64. The number of ether oxygens (including phenoxy) is 3. The molecule has 6 unspecified atom stereocenters. The van der Waals surface area contributed by atoms with Crippen molar-refractivity contribution in [1.29, 1.82) is 0 Å². The third-order valence-electron chi connectivity index (χ3n) is 7.04. The number of carbonyl (C=O) groups excluding carboxylic acids is 3. The number of unbranched alkanes of at least 4 members (excludes halogenated alkanes) is 4. The van der Waals surface area contributed by atoms with Crippen molar-refractivity contribution in [2.45, 2.75) is 108 Å². The standard InChI is InChI=1S/C26H47N3O10/c1-17(31)28-23-25(36)24(35)20(15-30)39-26(23)38-12-8-4-5-9-21(33)27-11-7-3-6-10-22(34)29-14-19(32)13-18(29)16-37-2/h18-20,23-26,30,32,35-36H,3-16H2,1-2H3,(H,27,33)(H,28,31)/t18?,19-,20?,23?,24?,25?,26?/m1/s1. The Bertz CT molecular complexity index is 757. The van der Waals surface area contributed by atoms with Crippen molar-refractivity contribution in [2.75, 3.05) is 40.0 Å². The maximum absolute atomic E-state index is 12.4. The molecule has 2 rings (SSSR count). The number of nitrogens with one attached hydrogen (secondary N) is 2. The maximum atomic E-state index is 12.4. The fourth-order valence-electron chi connectivity index (χ4n) is 4.96. The largest absolute Gasteiger partial charge is 0.394 e. The van der Waals surface area contributed by atoms with E-state index in [1.54, 1.807) is 12.0 Å². The molecule has 6 N–H and O–H groups in total. The number of β-amino-alcohol motifs (C(OH)–C–C–N with tert-alkyl or cyclic N) is 1. The van der Waals surface area contributed by atoms with Crippen molar-refractivity contribution in [3.05, 3.63) is 0 Å². The number of methoxy groups -OCH3 is 1. The van der Waals surface area contributed by atoms with Crippen LogP contribution in [0.5, 0.6) is 0 Å². The summed E-state index contributed by atoms with van der Waals surface area (Å²) in [4.78, 5) is 37.7. The average Bonchev–Trinajstić information content (AvgIpc) is 3.27. The molecule has 2 saturated heterocycles. The second-order valence-corrected chi connectivity index (χ2v) is 10.3. The molecule has 2 fully saturated rings. The van der Waals surface area contributed by atoms with Gasteiger partial charge in [0, 0.05) is 46.6 Å². The molecule has 0 radical (unpaired) electrons. The van der Waals surface area contributed by atoms with Crippen LogP contribution >= 0.6 is 0 Å². The zero-order valence-electron chi connectivity index (χ0n) is 23.1. The van der Waals surface area contributed by atoms with Gasteiger partial charge in [-0.3, -0.25) is 14.4 Å². The summed E-state index contributed by atoms with van der Waals surface area (Å²) in [5, 5.41) is 44.9. The molecule has 3 amide bonds. The minimum absolute atomic E-state index is 0.0317. The molecule has 7 atom stereocenters. The van der Waals surface area contributed by atoms with Crippen molar-refractivity contribution < 1.29 is 49.0 Å². The fraction of sp³-hybridized carbons (Fsp3) is 0.885. The van der Waals surface area contributed by atoms with Gasteiger partial charge < -0.3 is 50.2 Å². The van der Waals surface area contributed by atoms with Crippen LogP contribution in [0.1, 0.15) is 64.7 Å². The summed E-state index contributed by atoms with van der Waals surface area (Å²) < 4.78 is 16.3. The predicted octanol–water partition coefficient (Wildman–Crippen LogP) is -1.21. The van der Waals surface area contributed by atoms with Gasteiger partial charge in [-0.15, -0.1) is 0 Å². The first-order valence-corrected chi connectivity index (χ1v) is 13.9. The van der Waals surface area contributed by atoms with E-state index in [2.05, 4.69) is 10.6 Å². The lowest BCUT2D eigenvalue weighted by atomic mass is 9.97. The molecule has 0 spiro atoms. The van der Waals surface area contributed by atoms with Crippen molar-refractivity contribution in [1.82, 2.24) is 15.5 Å². The Morgan fingerprint density at radius 1 is 1.00 bits per heavy atom. The second kappa shape index (κ2) is 17.7. The molecule has 2 heterocycles. The molecule has 0 aromatic carbocycles. The summed E-state index contributed by atoms with van der Waals surface area (Å²) in [6, 6.07) is -1.03. The van der Waals surface area contributed by atoms with Crippen LogP contribution in [0, 0.1) is 0 Å². The number of hydrogen-bond acceptors (Lipinski definition) is 10. The van der Waals surface area contributed by atoms with Gasteiger partial charge in [0.1, 0.15) is 24.4 Å². The van der Waals surface area contributed by atoms with E-state index in [4.69, 9.17) is 14.2 Å². The molecule has 39 heavy (non-hydrogen) atoms. The van der Waals surface area contributed by atoms with Gasteiger partial charge in [0.15, 0.2) is 6.29 Å². The topological polar surface area (TPSA) is 187 Å². The van der Waals surface area contributed by atoms with E-state index in [0.717, 1.165) is 25.7 Å². The number of aliphatic hydroxyl groups is 4. The summed E-state index contributed by atoms with van der Waals surface area (Å²) in [6.45, 7) is 2.37. The summed E-state index contributed by atoms with van der Waals surface area (Å²) >= 11 is 0. The van der Waals surface area contributed by atoms with Crippen LogP contribution in [0.3, 0.4) is 0 Å². The van der Waals surface area contributed by atoms with Gasteiger partial charge in [0.25, 0.3) is 0 Å². The summed E-state index contributed by atoms with van der Waals surface area (Å²) in [5.74, 6) is -0.418. The number of amides is 3. The highest BCUT2D eigenvalue weighted by Crippen LogP contribution is 2.23.